The second-order valence-corrected chi connectivity index (χ2v) is 5.13. The zero-order valence-corrected chi connectivity index (χ0v) is 12.8. The average Bonchev–Trinajstić information content (AvgIpc) is 2.90. The van der Waals surface area contributed by atoms with Crippen LogP contribution in [0.1, 0.15) is 6.92 Å². The predicted molar refractivity (Wildman–Crippen MR) is 87.4 cm³/mol. The molecule has 1 amide bonds. The van der Waals surface area contributed by atoms with Gasteiger partial charge in [-0.1, -0.05) is 18.2 Å². The molecule has 3 aromatic rings. The second kappa shape index (κ2) is 5.60. The van der Waals surface area contributed by atoms with Crippen molar-refractivity contribution < 1.29 is 13.9 Å². The molecule has 0 aliphatic heterocycles. The molecule has 114 valence electrons. The number of fused-ring (bicyclic) bond motifs is 3. The molecule has 22 heavy (non-hydrogen) atoms. The van der Waals surface area contributed by atoms with Crippen molar-refractivity contribution in [3.8, 4) is 5.75 Å². The Kier molecular flexibility index (Phi) is 3.63. The third-order valence-corrected chi connectivity index (χ3v) is 3.71. The largest absolute Gasteiger partial charge is 0.495 e. The number of furan rings is 1. The molecule has 1 heterocycles. The number of carbonyl (C=O) groups is 1. The van der Waals surface area contributed by atoms with Gasteiger partial charge in [0.2, 0.25) is 5.91 Å². The molecule has 0 unspecified atom stereocenters. The lowest BCUT2D eigenvalue weighted by Crippen LogP contribution is -2.35. The van der Waals surface area contributed by atoms with Crippen LogP contribution in [0.15, 0.2) is 40.8 Å². The van der Waals surface area contributed by atoms with E-state index < -0.39 is 0 Å². The average molecular weight is 298 g/mol. The lowest BCUT2D eigenvalue weighted by Gasteiger charge is -2.16. The van der Waals surface area contributed by atoms with Crippen LogP contribution in [-0.2, 0) is 4.79 Å². The third kappa shape index (κ3) is 2.35. The monoisotopic (exact) mass is 298 g/mol. The van der Waals surface area contributed by atoms with E-state index in [0.717, 1.165) is 27.6 Å². The van der Waals surface area contributed by atoms with Gasteiger partial charge in [-0.2, -0.15) is 0 Å². The van der Waals surface area contributed by atoms with Crippen LogP contribution in [0, 0.1) is 0 Å². The van der Waals surface area contributed by atoms with Crippen LogP contribution in [-0.4, -0.2) is 26.1 Å². The van der Waals surface area contributed by atoms with Gasteiger partial charge in [0.05, 0.1) is 12.8 Å². The number of anilines is 1. The van der Waals surface area contributed by atoms with Crippen molar-refractivity contribution in [2.75, 3.05) is 19.5 Å². The van der Waals surface area contributed by atoms with Crippen molar-refractivity contribution >= 4 is 33.5 Å². The predicted octanol–water partition coefficient (Wildman–Crippen LogP) is 3.14. The van der Waals surface area contributed by atoms with E-state index in [2.05, 4.69) is 10.6 Å². The van der Waals surface area contributed by atoms with Crippen LogP contribution in [0.25, 0.3) is 21.9 Å². The summed E-state index contributed by atoms with van der Waals surface area (Å²) < 4.78 is 11.3. The summed E-state index contributed by atoms with van der Waals surface area (Å²) in [5.41, 5.74) is 2.31. The minimum atomic E-state index is -0.374. The van der Waals surface area contributed by atoms with Crippen LogP contribution >= 0.6 is 0 Å². The summed E-state index contributed by atoms with van der Waals surface area (Å²) in [6.07, 6.45) is 0. The van der Waals surface area contributed by atoms with Gasteiger partial charge in [-0.3, -0.25) is 4.79 Å². The number of hydrogen-bond acceptors (Lipinski definition) is 4. The van der Waals surface area contributed by atoms with E-state index in [-0.39, 0.29) is 11.9 Å². The first-order valence-corrected chi connectivity index (χ1v) is 7.11. The molecule has 0 aliphatic rings. The second-order valence-electron chi connectivity index (χ2n) is 5.13. The maximum Gasteiger partial charge on any atom is 0.241 e. The van der Waals surface area contributed by atoms with Gasteiger partial charge in [-0.15, -0.1) is 0 Å². The molecule has 0 spiro atoms. The maximum absolute atomic E-state index is 11.7. The number of likely N-dealkylation sites (N-methyl/N-ethyl adjacent to an activating group) is 1. The number of methoxy groups -OCH3 is 1. The highest BCUT2D eigenvalue weighted by atomic mass is 16.5. The Bertz CT molecular complexity index is 838. The van der Waals surface area contributed by atoms with Crippen molar-refractivity contribution in [1.29, 1.82) is 0 Å². The number of benzene rings is 2. The van der Waals surface area contributed by atoms with Gasteiger partial charge in [-0.05, 0) is 19.1 Å². The molecule has 0 saturated carbocycles. The fraction of sp³-hybridized carbons (Fsp3) is 0.235. The van der Waals surface area contributed by atoms with Crippen LogP contribution < -0.4 is 15.4 Å². The number of amides is 1. The first-order chi connectivity index (χ1) is 10.6. The van der Waals surface area contributed by atoms with Crippen molar-refractivity contribution in [3.63, 3.8) is 0 Å². The molecule has 0 radical (unpaired) electrons. The van der Waals surface area contributed by atoms with E-state index in [0.29, 0.717) is 5.75 Å². The van der Waals surface area contributed by atoms with Gasteiger partial charge >= 0.3 is 0 Å². The smallest absolute Gasteiger partial charge is 0.241 e. The molecule has 0 saturated heterocycles. The highest BCUT2D eigenvalue weighted by Gasteiger charge is 2.16. The highest BCUT2D eigenvalue weighted by Crippen LogP contribution is 2.36. The number of nitrogens with one attached hydrogen (secondary N) is 2. The number of carbonyl (C=O) groups excluding carboxylic acids is 1. The number of rotatable bonds is 4. The molecule has 1 aromatic heterocycles. The Balaban J connectivity index is 2.10. The Morgan fingerprint density at radius 2 is 1.95 bits per heavy atom. The maximum atomic E-state index is 11.7. The van der Waals surface area contributed by atoms with Crippen LogP contribution in [0.5, 0.6) is 5.75 Å². The third-order valence-electron chi connectivity index (χ3n) is 3.71. The van der Waals surface area contributed by atoms with Gasteiger partial charge in [0.15, 0.2) is 0 Å². The molecule has 2 aromatic carbocycles. The van der Waals surface area contributed by atoms with Gasteiger partial charge in [0.25, 0.3) is 0 Å². The molecule has 2 N–H and O–H groups in total. The van der Waals surface area contributed by atoms with Crippen molar-refractivity contribution in [2.45, 2.75) is 13.0 Å². The molecule has 0 aliphatic carbocycles. The molecule has 5 heteroatoms. The zero-order chi connectivity index (χ0) is 15.7. The SMILES string of the molecule is CNC(=O)[C@H](C)Nc1cc2oc3ccccc3c2cc1OC. The fourth-order valence-electron chi connectivity index (χ4n) is 2.55. The van der Waals surface area contributed by atoms with E-state index >= 15 is 0 Å². The zero-order valence-electron chi connectivity index (χ0n) is 12.8. The lowest BCUT2D eigenvalue weighted by molar-refractivity contribution is -0.121. The number of hydrogen-bond donors (Lipinski definition) is 2. The van der Waals surface area contributed by atoms with E-state index in [1.54, 1.807) is 21.1 Å². The topological polar surface area (TPSA) is 63.5 Å². The van der Waals surface area contributed by atoms with Gasteiger partial charge in [0.1, 0.15) is 23.0 Å². The lowest BCUT2D eigenvalue weighted by atomic mass is 10.1. The fourth-order valence-corrected chi connectivity index (χ4v) is 2.55. The standard InChI is InChI=1S/C17H18N2O3/c1-10(17(20)18-2)19-13-9-15-12(8-16(13)21-3)11-6-4-5-7-14(11)22-15/h4-10,19H,1-3H3,(H,18,20)/t10-/m0/s1. The molecular weight excluding hydrogens is 280 g/mol. The minimum Gasteiger partial charge on any atom is -0.495 e. The Labute approximate surface area is 128 Å². The summed E-state index contributed by atoms with van der Waals surface area (Å²) in [4.78, 5) is 11.7. The quantitative estimate of drug-likeness (QED) is 0.776. The Morgan fingerprint density at radius 1 is 1.18 bits per heavy atom. The highest BCUT2D eigenvalue weighted by molar-refractivity contribution is 6.06. The van der Waals surface area contributed by atoms with Crippen molar-refractivity contribution in [3.05, 3.63) is 36.4 Å². The molecular formula is C17H18N2O3. The van der Waals surface area contributed by atoms with Crippen molar-refractivity contribution in [2.24, 2.45) is 0 Å². The molecule has 0 fully saturated rings. The van der Waals surface area contributed by atoms with Gasteiger partial charge in [0, 0.05) is 23.9 Å². The molecule has 0 bridgehead atoms. The van der Waals surface area contributed by atoms with Gasteiger partial charge < -0.3 is 19.8 Å². The Morgan fingerprint density at radius 3 is 2.68 bits per heavy atom. The summed E-state index contributed by atoms with van der Waals surface area (Å²) in [5.74, 6) is 0.585. The van der Waals surface area contributed by atoms with E-state index in [1.807, 2.05) is 36.4 Å². The van der Waals surface area contributed by atoms with E-state index in [4.69, 9.17) is 9.15 Å². The van der Waals surface area contributed by atoms with Crippen LogP contribution in [0.4, 0.5) is 5.69 Å². The Hall–Kier alpha value is -2.69. The molecule has 5 nitrogen and oxygen atoms in total. The first kappa shape index (κ1) is 14.3. The summed E-state index contributed by atoms with van der Waals surface area (Å²) in [5, 5.41) is 7.80. The number of para-hydroxylation sites is 1. The van der Waals surface area contributed by atoms with E-state index in [9.17, 15) is 4.79 Å². The summed E-state index contributed by atoms with van der Waals surface area (Å²) >= 11 is 0. The summed E-state index contributed by atoms with van der Waals surface area (Å²) in [7, 11) is 3.22. The van der Waals surface area contributed by atoms with Crippen molar-refractivity contribution in [1.82, 2.24) is 5.32 Å². The summed E-state index contributed by atoms with van der Waals surface area (Å²) in [6.45, 7) is 1.79. The summed E-state index contributed by atoms with van der Waals surface area (Å²) in [6, 6.07) is 11.3. The minimum absolute atomic E-state index is 0.0910. The first-order valence-electron chi connectivity index (χ1n) is 7.11. The van der Waals surface area contributed by atoms with Crippen LogP contribution in [0.2, 0.25) is 0 Å². The molecule has 3 rings (SSSR count). The normalized spacial score (nSPS) is 12.3. The molecule has 1 atom stereocenters. The number of ether oxygens (including phenoxy) is 1. The van der Waals surface area contributed by atoms with E-state index in [1.165, 1.54) is 0 Å². The van der Waals surface area contributed by atoms with Crippen LogP contribution in [0.3, 0.4) is 0 Å². The van der Waals surface area contributed by atoms with Gasteiger partial charge in [-0.25, -0.2) is 0 Å².